The Labute approximate surface area is 140 Å². The molecule has 0 aliphatic carbocycles. The third-order valence-electron chi connectivity index (χ3n) is 4.97. The fourth-order valence-corrected chi connectivity index (χ4v) is 3.53. The van der Waals surface area contributed by atoms with Gasteiger partial charge < -0.3 is 19.3 Å². The van der Waals surface area contributed by atoms with Gasteiger partial charge in [0.25, 0.3) is 0 Å². The van der Waals surface area contributed by atoms with Gasteiger partial charge in [0.1, 0.15) is 12.9 Å². The maximum atomic E-state index is 11.8. The lowest BCUT2D eigenvalue weighted by Crippen LogP contribution is -2.46. The molecule has 1 rings (SSSR count). The summed E-state index contributed by atoms with van der Waals surface area (Å²) in [6.45, 7) is 15.0. The number of carbonyl (C=O) groups is 1. The normalized spacial score (nSPS) is 20.6. The van der Waals surface area contributed by atoms with Crippen molar-refractivity contribution < 1.29 is 24.1 Å². The van der Waals surface area contributed by atoms with Crippen molar-refractivity contribution in [3.05, 3.63) is 12.2 Å². The van der Waals surface area contributed by atoms with Crippen LogP contribution in [0.15, 0.2) is 12.2 Å². The first-order valence-corrected chi connectivity index (χ1v) is 8.30. The molecule has 23 heavy (non-hydrogen) atoms. The first kappa shape index (κ1) is 20.1. The largest absolute Gasteiger partial charge is 0.459 e. The van der Waals surface area contributed by atoms with Gasteiger partial charge in [-0.25, -0.2) is 4.79 Å². The second-order valence-electron chi connectivity index (χ2n) is 7.51. The predicted molar refractivity (Wildman–Crippen MR) is 88.8 cm³/mol. The van der Waals surface area contributed by atoms with Crippen LogP contribution < -0.4 is 0 Å². The van der Waals surface area contributed by atoms with Gasteiger partial charge in [0.15, 0.2) is 0 Å². The summed E-state index contributed by atoms with van der Waals surface area (Å²) in [6.07, 6.45) is 1.38. The molecule has 1 fully saturated rings. The van der Waals surface area contributed by atoms with Gasteiger partial charge in [0.2, 0.25) is 0 Å². The molecule has 1 aliphatic rings. The maximum Gasteiger partial charge on any atom is 0.333 e. The van der Waals surface area contributed by atoms with Crippen molar-refractivity contribution in [3.63, 3.8) is 0 Å². The van der Waals surface area contributed by atoms with Crippen LogP contribution in [0.4, 0.5) is 0 Å². The van der Waals surface area contributed by atoms with E-state index in [2.05, 4.69) is 27.4 Å². The molecule has 0 radical (unpaired) electrons. The Bertz CT molecular complexity index is 410. The van der Waals surface area contributed by atoms with Crippen LogP contribution in [-0.4, -0.2) is 43.8 Å². The lowest BCUT2D eigenvalue weighted by molar-refractivity contribution is -0.182. The summed E-state index contributed by atoms with van der Waals surface area (Å²) < 4.78 is 16.5. The number of ether oxygens (including phenoxy) is 3. The number of esters is 1. The molecule has 0 saturated carbocycles. The SMILES string of the molecule is C=C(C)C(=O)OC(C)C(CO)C(C)(C)CC1(CC)COCOC1. The number of hydrogen-bond acceptors (Lipinski definition) is 5. The maximum absolute atomic E-state index is 11.8. The van der Waals surface area contributed by atoms with Gasteiger partial charge in [-0.15, -0.1) is 0 Å². The Morgan fingerprint density at radius 3 is 2.39 bits per heavy atom. The minimum absolute atomic E-state index is 0.0425. The van der Waals surface area contributed by atoms with E-state index in [-0.39, 0.29) is 23.4 Å². The fourth-order valence-electron chi connectivity index (χ4n) is 3.53. The Morgan fingerprint density at radius 1 is 1.39 bits per heavy atom. The third kappa shape index (κ3) is 5.30. The molecule has 1 heterocycles. The molecular weight excluding hydrogens is 296 g/mol. The highest BCUT2D eigenvalue weighted by Gasteiger charge is 2.43. The van der Waals surface area contributed by atoms with E-state index in [0.717, 1.165) is 12.8 Å². The topological polar surface area (TPSA) is 65.0 Å². The van der Waals surface area contributed by atoms with Crippen LogP contribution in [0.5, 0.6) is 0 Å². The summed E-state index contributed by atoms with van der Waals surface area (Å²) in [4.78, 5) is 11.8. The van der Waals surface area contributed by atoms with E-state index in [0.29, 0.717) is 25.6 Å². The highest BCUT2D eigenvalue weighted by Crippen LogP contribution is 2.44. The predicted octanol–water partition coefficient (Wildman–Crippen LogP) is 2.92. The van der Waals surface area contributed by atoms with Crippen LogP contribution in [0.2, 0.25) is 0 Å². The molecule has 0 amide bonds. The molecule has 0 spiro atoms. The van der Waals surface area contributed by atoms with Crippen molar-refractivity contribution in [2.24, 2.45) is 16.7 Å². The molecule has 0 aromatic carbocycles. The van der Waals surface area contributed by atoms with Crippen molar-refractivity contribution in [1.29, 1.82) is 0 Å². The fraction of sp³-hybridized carbons (Fsp3) is 0.833. The van der Waals surface area contributed by atoms with E-state index in [1.54, 1.807) is 6.92 Å². The van der Waals surface area contributed by atoms with E-state index >= 15 is 0 Å². The minimum atomic E-state index is -0.415. The molecule has 2 unspecified atom stereocenters. The van der Waals surface area contributed by atoms with Crippen LogP contribution in [-0.2, 0) is 19.0 Å². The molecule has 0 bridgehead atoms. The Balaban J connectivity index is 2.84. The smallest absolute Gasteiger partial charge is 0.333 e. The highest BCUT2D eigenvalue weighted by molar-refractivity contribution is 5.87. The Hall–Kier alpha value is -0.910. The molecule has 0 aromatic rings. The monoisotopic (exact) mass is 328 g/mol. The van der Waals surface area contributed by atoms with Crippen LogP contribution in [0.1, 0.15) is 47.5 Å². The summed E-state index contributed by atoms with van der Waals surface area (Å²) >= 11 is 0. The minimum Gasteiger partial charge on any atom is -0.459 e. The summed E-state index contributed by atoms with van der Waals surface area (Å²) in [7, 11) is 0. The second-order valence-corrected chi connectivity index (χ2v) is 7.51. The Morgan fingerprint density at radius 2 is 1.96 bits per heavy atom. The second kappa shape index (κ2) is 8.27. The number of carbonyl (C=O) groups excluding carboxylic acids is 1. The van der Waals surface area contributed by atoms with Crippen molar-refractivity contribution in [2.75, 3.05) is 26.6 Å². The van der Waals surface area contributed by atoms with Gasteiger partial charge in [-0.3, -0.25) is 0 Å². The summed E-state index contributed by atoms with van der Waals surface area (Å²) in [5.74, 6) is -0.586. The summed E-state index contributed by atoms with van der Waals surface area (Å²) in [6, 6.07) is 0. The van der Waals surface area contributed by atoms with Crippen LogP contribution in [0.3, 0.4) is 0 Å². The molecule has 1 saturated heterocycles. The lowest BCUT2D eigenvalue weighted by Gasteiger charge is -2.45. The van der Waals surface area contributed by atoms with Crippen molar-refractivity contribution in [3.8, 4) is 0 Å². The molecule has 1 aliphatic heterocycles. The number of hydrogen-bond donors (Lipinski definition) is 1. The van der Waals surface area contributed by atoms with Crippen molar-refractivity contribution in [1.82, 2.24) is 0 Å². The van der Waals surface area contributed by atoms with Gasteiger partial charge in [-0.1, -0.05) is 27.4 Å². The van der Waals surface area contributed by atoms with Gasteiger partial charge >= 0.3 is 5.97 Å². The molecule has 0 aromatic heterocycles. The highest BCUT2D eigenvalue weighted by atomic mass is 16.7. The number of aliphatic hydroxyl groups excluding tert-OH is 1. The molecule has 5 heteroatoms. The van der Waals surface area contributed by atoms with Crippen LogP contribution >= 0.6 is 0 Å². The molecule has 5 nitrogen and oxygen atoms in total. The molecular formula is C18H32O5. The molecule has 134 valence electrons. The van der Waals surface area contributed by atoms with E-state index in [9.17, 15) is 9.90 Å². The van der Waals surface area contributed by atoms with Gasteiger partial charge in [-0.2, -0.15) is 0 Å². The zero-order chi connectivity index (χ0) is 17.7. The van der Waals surface area contributed by atoms with Crippen LogP contribution in [0.25, 0.3) is 0 Å². The number of aliphatic hydroxyl groups is 1. The Kier molecular flexibility index (Phi) is 7.24. The average molecular weight is 328 g/mol. The number of rotatable bonds is 8. The van der Waals surface area contributed by atoms with Crippen molar-refractivity contribution in [2.45, 2.75) is 53.6 Å². The van der Waals surface area contributed by atoms with Crippen molar-refractivity contribution >= 4 is 5.97 Å². The zero-order valence-corrected chi connectivity index (χ0v) is 15.2. The zero-order valence-electron chi connectivity index (χ0n) is 15.2. The van der Waals surface area contributed by atoms with Crippen LogP contribution in [0, 0.1) is 16.7 Å². The molecule has 2 atom stereocenters. The quantitative estimate of drug-likeness (QED) is 0.548. The van der Waals surface area contributed by atoms with E-state index < -0.39 is 12.1 Å². The average Bonchev–Trinajstić information content (AvgIpc) is 2.47. The van der Waals surface area contributed by atoms with Gasteiger partial charge in [0, 0.05) is 23.5 Å². The lowest BCUT2D eigenvalue weighted by atomic mass is 9.65. The first-order valence-electron chi connectivity index (χ1n) is 8.30. The van der Waals surface area contributed by atoms with Gasteiger partial charge in [-0.05, 0) is 32.1 Å². The molecule has 1 N–H and O–H groups in total. The van der Waals surface area contributed by atoms with Gasteiger partial charge in [0.05, 0.1) is 13.2 Å². The van der Waals surface area contributed by atoms with E-state index in [1.807, 2.05) is 6.92 Å². The van der Waals surface area contributed by atoms with E-state index in [1.165, 1.54) is 0 Å². The standard InChI is InChI=1S/C18H32O5/c1-7-18(10-21-12-22-11-18)9-17(5,6)15(8-19)14(4)23-16(20)13(2)3/h14-15,19H,2,7-12H2,1,3-6H3. The summed E-state index contributed by atoms with van der Waals surface area (Å²) in [5.41, 5.74) is 0.0714. The third-order valence-corrected chi connectivity index (χ3v) is 4.97. The van der Waals surface area contributed by atoms with E-state index in [4.69, 9.17) is 14.2 Å². The first-order chi connectivity index (χ1) is 10.7. The summed E-state index contributed by atoms with van der Waals surface area (Å²) in [5, 5.41) is 9.89.